The van der Waals surface area contributed by atoms with Crippen LogP contribution in [0, 0.1) is 3.70 Å². The van der Waals surface area contributed by atoms with Gasteiger partial charge in [-0.1, -0.05) is 112 Å². The van der Waals surface area contributed by atoms with Gasteiger partial charge < -0.3 is 23.2 Å². The lowest BCUT2D eigenvalue weighted by Gasteiger charge is -2.47. The van der Waals surface area contributed by atoms with E-state index in [1.54, 1.807) is 0 Å². The Bertz CT molecular complexity index is 1430. The Morgan fingerprint density at radius 1 is 0.744 bits per heavy atom. The van der Waals surface area contributed by atoms with E-state index in [0.717, 1.165) is 26.2 Å². The van der Waals surface area contributed by atoms with Crippen LogP contribution in [-0.4, -0.2) is 36.7 Å². The van der Waals surface area contributed by atoms with Crippen LogP contribution >= 0.6 is 22.6 Å². The van der Waals surface area contributed by atoms with Crippen molar-refractivity contribution in [2.24, 2.45) is 0 Å². The minimum atomic E-state index is -2.23. The maximum Gasteiger partial charge on any atom is 0.193 e. The number of halogens is 1. The summed E-state index contributed by atoms with van der Waals surface area (Å²) < 4.78 is 30.4. The molecule has 0 saturated carbocycles. The molecule has 0 amide bonds. The van der Waals surface area contributed by atoms with E-state index in [4.69, 9.17) is 23.6 Å². The largest absolute Gasteiger partial charge is 0.404 e. The summed E-state index contributed by atoms with van der Waals surface area (Å²) >= 11 is 2.30. The zero-order valence-electron chi connectivity index (χ0n) is 25.8. The number of rotatable bonds is 12. The first kappa shape index (κ1) is 32.1. The van der Waals surface area contributed by atoms with Gasteiger partial charge in [0.15, 0.2) is 8.32 Å². The highest BCUT2D eigenvalue weighted by Crippen LogP contribution is 2.45. The lowest BCUT2D eigenvalue weighted by molar-refractivity contribution is -0.169. The van der Waals surface area contributed by atoms with Crippen LogP contribution in [0.2, 0.25) is 18.1 Å². The molecule has 2 heterocycles. The second-order valence-electron chi connectivity index (χ2n) is 12.7. The molecule has 6 nitrogen and oxygen atoms in total. The van der Waals surface area contributed by atoms with Crippen LogP contribution in [-0.2, 0) is 38.5 Å². The molecule has 0 radical (unpaired) electrons. The predicted molar refractivity (Wildman–Crippen MR) is 181 cm³/mol. The predicted octanol–water partition coefficient (Wildman–Crippen LogP) is 8.49. The molecule has 1 aliphatic rings. The fourth-order valence-electron chi connectivity index (χ4n) is 5.13. The summed E-state index contributed by atoms with van der Waals surface area (Å²) in [6.45, 7) is 13.2. The lowest BCUT2D eigenvalue weighted by atomic mass is 9.95. The second kappa shape index (κ2) is 14.2. The number of fused-ring (bicyclic) bond motifs is 1. The number of aromatic nitrogens is 2. The maximum absolute atomic E-state index is 7.19. The van der Waals surface area contributed by atoms with Gasteiger partial charge in [0, 0.05) is 6.20 Å². The van der Waals surface area contributed by atoms with Crippen molar-refractivity contribution in [2.75, 3.05) is 6.61 Å². The summed E-state index contributed by atoms with van der Waals surface area (Å²) in [5.41, 5.74) is 3.36. The van der Waals surface area contributed by atoms with E-state index < -0.39 is 14.4 Å². The number of ether oxygens (including phenoxy) is 3. The number of hydrogen-bond donors (Lipinski definition) is 0. The molecule has 0 fully saturated rings. The van der Waals surface area contributed by atoms with E-state index in [-0.39, 0.29) is 23.3 Å². The Balaban J connectivity index is 1.53. The maximum atomic E-state index is 7.19. The van der Waals surface area contributed by atoms with Gasteiger partial charge in [-0.2, -0.15) is 0 Å². The highest BCUT2D eigenvalue weighted by Gasteiger charge is 2.50. The van der Waals surface area contributed by atoms with Crippen molar-refractivity contribution in [3.05, 3.63) is 123 Å². The van der Waals surface area contributed by atoms with Crippen molar-refractivity contribution < 1.29 is 18.6 Å². The summed E-state index contributed by atoms with van der Waals surface area (Å²) in [5, 5.41) is 0.0115. The first-order valence-electron chi connectivity index (χ1n) is 15.0. The van der Waals surface area contributed by atoms with Gasteiger partial charge in [-0.15, -0.1) is 0 Å². The Kier molecular flexibility index (Phi) is 10.6. The van der Waals surface area contributed by atoms with Crippen LogP contribution in [0.3, 0.4) is 0 Å². The summed E-state index contributed by atoms with van der Waals surface area (Å²) in [4.78, 5) is 5.03. The van der Waals surface area contributed by atoms with Crippen molar-refractivity contribution in [3.8, 4) is 0 Å². The molecule has 0 spiro atoms. The first-order valence-corrected chi connectivity index (χ1v) is 19.0. The van der Waals surface area contributed by atoms with E-state index in [0.29, 0.717) is 26.4 Å². The number of imidazole rings is 1. The average Bonchev–Trinajstić information content (AvgIpc) is 3.39. The topological polar surface area (TPSA) is 54.7 Å². The lowest BCUT2D eigenvalue weighted by Crippen LogP contribution is -2.53. The van der Waals surface area contributed by atoms with Crippen LogP contribution < -0.4 is 0 Å². The molecule has 5 rings (SSSR count). The number of benzene rings is 3. The van der Waals surface area contributed by atoms with Crippen LogP contribution in [0.1, 0.15) is 55.4 Å². The highest BCUT2D eigenvalue weighted by atomic mass is 127. The van der Waals surface area contributed by atoms with Crippen LogP contribution in [0.4, 0.5) is 0 Å². The molecule has 0 saturated heterocycles. The Morgan fingerprint density at radius 2 is 1.23 bits per heavy atom. The monoisotopic (exact) mass is 710 g/mol. The van der Waals surface area contributed by atoms with Crippen molar-refractivity contribution in [2.45, 2.75) is 83.1 Å². The minimum Gasteiger partial charge on any atom is -0.404 e. The third-order valence-electron chi connectivity index (χ3n) is 8.54. The van der Waals surface area contributed by atoms with E-state index >= 15 is 0 Å². The Hall–Kier alpha value is -2.34. The fourth-order valence-corrected chi connectivity index (χ4v) is 6.91. The van der Waals surface area contributed by atoms with E-state index in [9.17, 15) is 0 Å². The van der Waals surface area contributed by atoms with E-state index in [1.807, 2.05) is 54.6 Å². The van der Waals surface area contributed by atoms with Gasteiger partial charge >= 0.3 is 0 Å². The third kappa shape index (κ3) is 8.04. The molecular formula is C35H43IN2O4Si. The van der Waals surface area contributed by atoms with E-state index in [1.165, 1.54) is 0 Å². The molecule has 8 heteroatoms. The minimum absolute atomic E-state index is 0.0115. The summed E-state index contributed by atoms with van der Waals surface area (Å²) in [5.74, 6) is 0.875. The molecule has 3 aromatic carbocycles. The molecule has 0 aliphatic carbocycles. The summed E-state index contributed by atoms with van der Waals surface area (Å²) in [6.07, 6.45) is 0.973. The molecule has 1 aliphatic heterocycles. The average molecular weight is 711 g/mol. The molecule has 0 N–H and O–H groups in total. The zero-order chi connectivity index (χ0) is 30.5. The normalized spacial score (nSPS) is 20.6. The highest BCUT2D eigenvalue weighted by molar-refractivity contribution is 14.1. The quantitative estimate of drug-likeness (QED) is 0.109. The molecule has 4 aromatic rings. The fraction of sp³-hybridized carbons (Fsp3) is 0.400. The van der Waals surface area contributed by atoms with Crippen molar-refractivity contribution in [1.29, 1.82) is 0 Å². The number of hydrogen-bond acceptors (Lipinski definition) is 5. The van der Waals surface area contributed by atoms with Gasteiger partial charge in [0.25, 0.3) is 0 Å². The van der Waals surface area contributed by atoms with Gasteiger partial charge in [0.1, 0.15) is 27.8 Å². The molecule has 228 valence electrons. The third-order valence-corrected chi connectivity index (χ3v) is 13.5. The van der Waals surface area contributed by atoms with E-state index in [2.05, 4.69) is 104 Å². The standard InChI is InChI=1S/C35H43IN2O4Si/c1-35(2,3)43(4,5)42-33-32(41-24-28-19-13-8-14-20-28)31(40-23-27-17-11-7-12-18-27)29(38-21-30(36)37-34(33)38)25-39-22-26-15-9-6-10-16-26/h6-21,29,31-33H,22-25H2,1-5H3/t29?,31-,32+,33?/m1/s1. The SMILES string of the molecule is CC(C)(C)[Si](C)(C)OC1c2nc(I)cn2C(COCc2ccccc2)[C@@H](OCc2ccccc2)[C@@H]1OCc1ccccc1. The smallest absolute Gasteiger partial charge is 0.193 e. The second-order valence-corrected chi connectivity index (χ2v) is 18.6. The van der Waals surface area contributed by atoms with Gasteiger partial charge in [-0.25, -0.2) is 4.98 Å². The molecule has 0 bridgehead atoms. The van der Waals surface area contributed by atoms with Crippen molar-refractivity contribution in [3.63, 3.8) is 0 Å². The molecule has 4 atom stereocenters. The van der Waals surface area contributed by atoms with Crippen molar-refractivity contribution >= 4 is 30.9 Å². The number of nitrogens with zero attached hydrogens (tertiary/aromatic N) is 2. The van der Waals surface area contributed by atoms with Gasteiger partial charge in [0.2, 0.25) is 0 Å². The van der Waals surface area contributed by atoms with Gasteiger partial charge in [-0.3, -0.25) is 0 Å². The summed E-state index contributed by atoms with van der Waals surface area (Å²) in [7, 11) is -2.23. The van der Waals surface area contributed by atoms with Crippen LogP contribution in [0.15, 0.2) is 97.2 Å². The van der Waals surface area contributed by atoms with Crippen LogP contribution in [0.25, 0.3) is 0 Å². The van der Waals surface area contributed by atoms with Crippen LogP contribution in [0.5, 0.6) is 0 Å². The molecular weight excluding hydrogens is 667 g/mol. The van der Waals surface area contributed by atoms with Crippen molar-refractivity contribution in [1.82, 2.24) is 9.55 Å². The Morgan fingerprint density at radius 3 is 1.74 bits per heavy atom. The van der Waals surface area contributed by atoms with Gasteiger partial charge in [0.05, 0.1) is 32.5 Å². The Labute approximate surface area is 271 Å². The molecule has 1 aromatic heterocycles. The zero-order valence-corrected chi connectivity index (χ0v) is 28.9. The summed E-state index contributed by atoms with van der Waals surface area (Å²) in [6, 6.07) is 30.7. The first-order chi connectivity index (χ1) is 20.6. The molecule has 43 heavy (non-hydrogen) atoms. The molecule has 2 unspecified atom stereocenters. The van der Waals surface area contributed by atoms with Gasteiger partial charge in [-0.05, 0) is 57.4 Å².